The predicted molar refractivity (Wildman–Crippen MR) is 52.5 cm³/mol. The largest absolute Gasteiger partial charge is 0.496 e. The minimum absolute atomic E-state index is 0.891. The molecule has 0 N–H and O–H groups in total. The number of hydrogen-bond donors (Lipinski definition) is 0. The predicted octanol–water partition coefficient (Wildman–Crippen LogP) is 2.90. The zero-order chi connectivity index (χ0) is 8.97. The third-order valence-corrected chi connectivity index (χ3v) is 1.92. The van der Waals surface area contributed by atoms with E-state index in [0.29, 0.717) is 0 Å². The van der Waals surface area contributed by atoms with Gasteiger partial charge < -0.3 is 4.74 Å². The standard InChI is InChI=1S/C11H14O/c1-4-9-6-7-11(12-3)10(5-2)8-9/h5-8H,2,4H2,1,3H3. The van der Waals surface area contributed by atoms with Crippen LogP contribution in [0.15, 0.2) is 24.8 Å². The molecule has 0 aliphatic carbocycles. The molecule has 1 aromatic carbocycles. The lowest BCUT2D eigenvalue weighted by Gasteiger charge is -2.05. The van der Waals surface area contributed by atoms with Crippen LogP contribution in [-0.4, -0.2) is 7.11 Å². The fourth-order valence-electron chi connectivity index (χ4n) is 1.16. The quantitative estimate of drug-likeness (QED) is 0.664. The molecule has 1 aromatic rings. The Kier molecular flexibility index (Phi) is 2.92. The van der Waals surface area contributed by atoms with Crippen LogP contribution < -0.4 is 4.74 Å². The molecule has 1 heteroatoms. The summed E-state index contributed by atoms with van der Waals surface area (Å²) >= 11 is 0. The molecule has 0 aromatic heterocycles. The maximum atomic E-state index is 5.16. The van der Waals surface area contributed by atoms with Crippen LogP contribution >= 0.6 is 0 Å². The number of benzene rings is 1. The molecule has 12 heavy (non-hydrogen) atoms. The van der Waals surface area contributed by atoms with Crippen LogP contribution in [0.4, 0.5) is 0 Å². The van der Waals surface area contributed by atoms with Crippen LogP contribution in [0, 0.1) is 0 Å². The van der Waals surface area contributed by atoms with Gasteiger partial charge in [0.15, 0.2) is 0 Å². The highest BCUT2D eigenvalue weighted by molar-refractivity contribution is 5.56. The van der Waals surface area contributed by atoms with Crippen molar-refractivity contribution in [3.8, 4) is 5.75 Å². The van der Waals surface area contributed by atoms with Crippen molar-refractivity contribution in [2.24, 2.45) is 0 Å². The highest BCUT2D eigenvalue weighted by Gasteiger charge is 1.98. The second kappa shape index (κ2) is 3.96. The first-order chi connectivity index (χ1) is 5.81. The van der Waals surface area contributed by atoms with Gasteiger partial charge in [0.2, 0.25) is 0 Å². The first-order valence-electron chi connectivity index (χ1n) is 4.11. The zero-order valence-corrected chi connectivity index (χ0v) is 7.63. The summed E-state index contributed by atoms with van der Waals surface area (Å²) in [5.74, 6) is 0.891. The van der Waals surface area contributed by atoms with Gasteiger partial charge in [-0.1, -0.05) is 25.6 Å². The topological polar surface area (TPSA) is 9.23 Å². The van der Waals surface area contributed by atoms with Crippen molar-refractivity contribution in [1.82, 2.24) is 0 Å². The van der Waals surface area contributed by atoms with Gasteiger partial charge in [-0.05, 0) is 24.1 Å². The Bertz CT molecular complexity index is 276. The molecule has 0 unspecified atom stereocenters. The minimum Gasteiger partial charge on any atom is -0.496 e. The van der Waals surface area contributed by atoms with Crippen molar-refractivity contribution in [3.63, 3.8) is 0 Å². The molecule has 0 amide bonds. The Morgan fingerprint density at radius 2 is 2.25 bits per heavy atom. The Hall–Kier alpha value is -1.24. The first-order valence-corrected chi connectivity index (χ1v) is 4.11. The van der Waals surface area contributed by atoms with Crippen LogP contribution in [-0.2, 0) is 6.42 Å². The number of methoxy groups -OCH3 is 1. The fraction of sp³-hybridized carbons (Fsp3) is 0.273. The van der Waals surface area contributed by atoms with Crippen molar-refractivity contribution >= 4 is 6.08 Å². The van der Waals surface area contributed by atoms with E-state index in [1.807, 2.05) is 12.1 Å². The van der Waals surface area contributed by atoms with E-state index in [1.54, 1.807) is 7.11 Å². The lowest BCUT2D eigenvalue weighted by atomic mass is 10.1. The van der Waals surface area contributed by atoms with Gasteiger partial charge in [0.05, 0.1) is 7.11 Å². The lowest BCUT2D eigenvalue weighted by molar-refractivity contribution is 0.413. The monoisotopic (exact) mass is 162 g/mol. The number of hydrogen-bond acceptors (Lipinski definition) is 1. The molecule has 0 heterocycles. The zero-order valence-electron chi connectivity index (χ0n) is 7.63. The second-order valence-electron chi connectivity index (χ2n) is 2.63. The van der Waals surface area contributed by atoms with Crippen molar-refractivity contribution in [1.29, 1.82) is 0 Å². The molecule has 0 spiro atoms. The van der Waals surface area contributed by atoms with E-state index in [2.05, 4.69) is 25.6 Å². The van der Waals surface area contributed by atoms with E-state index in [9.17, 15) is 0 Å². The average molecular weight is 162 g/mol. The van der Waals surface area contributed by atoms with E-state index in [0.717, 1.165) is 17.7 Å². The second-order valence-corrected chi connectivity index (χ2v) is 2.63. The molecular weight excluding hydrogens is 148 g/mol. The van der Waals surface area contributed by atoms with E-state index in [1.165, 1.54) is 5.56 Å². The van der Waals surface area contributed by atoms with Gasteiger partial charge in [-0.15, -0.1) is 0 Å². The highest BCUT2D eigenvalue weighted by Crippen LogP contribution is 2.20. The molecule has 0 fully saturated rings. The van der Waals surface area contributed by atoms with E-state index >= 15 is 0 Å². The molecule has 64 valence electrons. The molecule has 0 bridgehead atoms. The SMILES string of the molecule is C=Cc1cc(CC)ccc1OC. The summed E-state index contributed by atoms with van der Waals surface area (Å²) in [6.45, 7) is 5.87. The van der Waals surface area contributed by atoms with Gasteiger partial charge in [-0.3, -0.25) is 0 Å². The molecular formula is C11H14O. The number of rotatable bonds is 3. The van der Waals surface area contributed by atoms with Crippen LogP contribution in [0.2, 0.25) is 0 Å². The summed E-state index contributed by atoms with van der Waals surface area (Å²) in [6.07, 6.45) is 2.86. The van der Waals surface area contributed by atoms with Crippen molar-refractivity contribution in [2.45, 2.75) is 13.3 Å². The Balaban J connectivity index is 3.10. The van der Waals surface area contributed by atoms with Crippen LogP contribution in [0.25, 0.3) is 6.08 Å². The fourth-order valence-corrected chi connectivity index (χ4v) is 1.16. The first kappa shape index (κ1) is 8.85. The lowest BCUT2D eigenvalue weighted by Crippen LogP contribution is -1.88. The molecule has 0 radical (unpaired) electrons. The van der Waals surface area contributed by atoms with Gasteiger partial charge in [0.25, 0.3) is 0 Å². The summed E-state index contributed by atoms with van der Waals surface area (Å²) in [5, 5.41) is 0. The summed E-state index contributed by atoms with van der Waals surface area (Å²) in [5.41, 5.74) is 2.38. The maximum Gasteiger partial charge on any atom is 0.126 e. The van der Waals surface area contributed by atoms with Crippen LogP contribution in [0.1, 0.15) is 18.1 Å². The average Bonchev–Trinajstić information content (AvgIpc) is 2.16. The van der Waals surface area contributed by atoms with Crippen LogP contribution in [0.3, 0.4) is 0 Å². The summed E-state index contributed by atoms with van der Waals surface area (Å²) in [7, 11) is 1.67. The minimum atomic E-state index is 0.891. The van der Waals surface area contributed by atoms with Crippen molar-refractivity contribution in [3.05, 3.63) is 35.9 Å². The van der Waals surface area contributed by atoms with Crippen molar-refractivity contribution < 1.29 is 4.74 Å². The molecule has 0 aliphatic rings. The summed E-state index contributed by atoms with van der Waals surface area (Å²) < 4.78 is 5.16. The highest BCUT2D eigenvalue weighted by atomic mass is 16.5. The van der Waals surface area contributed by atoms with Gasteiger partial charge in [-0.25, -0.2) is 0 Å². The van der Waals surface area contributed by atoms with Crippen LogP contribution in [0.5, 0.6) is 5.75 Å². The maximum absolute atomic E-state index is 5.16. The smallest absolute Gasteiger partial charge is 0.126 e. The van der Waals surface area contributed by atoms with Crippen molar-refractivity contribution in [2.75, 3.05) is 7.11 Å². The van der Waals surface area contributed by atoms with E-state index < -0.39 is 0 Å². The molecule has 0 saturated carbocycles. The molecule has 0 atom stereocenters. The van der Waals surface area contributed by atoms with Gasteiger partial charge in [-0.2, -0.15) is 0 Å². The molecule has 1 rings (SSSR count). The van der Waals surface area contributed by atoms with E-state index in [4.69, 9.17) is 4.74 Å². The Morgan fingerprint density at radius 3 is 2.75 bits per heavy atom. The summed E-state index contributed by atoms with van der Waals surface area (Å²) in [4.78, 5) is 0. The molecule has 1 nitrogen and oxygen atoms in total. The Labute approximate surface area is 73.7 Å². The summed E-state index contributed by atoms with van der Waals surface area (Å²) in [6, 6.07) is 6.16. The number of aryl methyl sites for hydroxylation is 1. The Morgan fingerprint density at radius 1 is 1.50 bits per heavy atom. The van der Waals surface area contributed by atoms with Gasteiger partial charge in [0, 0.05) is 5.56 Å². The third-order valence-electron chi connectivity index (χ3n) is 1.92. The third kappa shape index (κ3) is 1.67. The van der Waals surface area contributed by atoms with Gasteiger partial charge in [0.1, 0.15) is 5.75 Å². The number of ether oxygens (including phenoxy) is 1. The molecule has 0 aliphatic heterocycles. The molecule has 0 saturated heterocycles. The van der Waals surface area contributed by atoms with Gasteiger partial charge >= 0.3 is 0 Å². The van der Waals surface area contributed by atoms with E-state index in [-0.39, 0.29) is 0 Å². The normalized spacial score (nSPS) is 9.50.